The Morgan fingerprint density at radius 2 is 1.11 bits per heavy atom. The Morgan fingerprint density at radius 3 is 1.98 bits per heavy atom. The van der Waals surface area contributed by atoms with Crippen LogP contribution in [-0.2, 0) is 5.41 Å². The lowest BCUT2D eigenvalue weighted by atomic mass is 9.82. The molecule has 0 N–H and O–H groups in total. The van der Waals surface area contributed by atoms with E-state index in [1.807, 2.05) is 0 Å². The van der Waals surface area contributed by atoms with Gasteiger partial charge in [0, 0.05) is 27.4 Å². The summed E-state index contributed by atoms with van der Waals surface area (Å²) in [5.41, 5.74) is 15.0. The molecule has 0 fully saturated rings. The first kappa shape index (κ1) is 31.6. The van der Waals surface area contributed by atoms with Crippen molar-refractivity contribution in [3.8, 4) is 33.4 Å². The maximum atomic E-state index is 6.93. The Balaban J connectivity index is 1.22. The average Bonchev–Trinajstić information content (AvgIpc) is 3.73. The summed E-state index contributed by atoms with van der Waals surface area (Å²) in [4.78, 5) is 2.46. The van der Waals surface area contributed by atoms with Gasteiger partial charge in [0.25, 0.3) is 0 Å². The molecule has 0 atom stereocenters. The van der Waals surface area contributed by atoms with Crippen molar-refractivity contribution in [2.24, 2.45) is 0 Å². The minimum absolute atomic E-state index is 0.144. The predicted octanol–water partition coefficient (Wildman–Crippen LogP) is 15.0. The minimum Gasteiger partial charge on any atom is -0.455 e. The molecule has 0 unspecified atom stereocenters. The van der Waals surface area contributed by atoms with Crippen molar-refractivity contribution in [1.82, 2.24) is 0 Å². The quantitative estimate of drug-likeness (QED) is 0.177. The molecular formula is C53H37NO. The number of nitrogens with zero attached hydrogens (tertiary/aromatic N) is 1. The summed E-state index contributed by atoms with van der Waals surface area (Å²) in [6, 6.07) is 68.4. The normalized spacial score (nSPS) is 13.1. The third kappa shape index (κ3) is 4.81. The van der Waals surface area contributed by atoms with Gasteiger partial charge in [-0.25, -0.2) is 0 Å². The third-order valence-electron chi connectivity index (χ3n) is 11.8. The molecule has 10 aromatic rings. The van der Waals surface area contributed by atoms with Crippen molar-refractivity contribution in [3.63, 3.8) is 0 Å². The van der Waals surface area contributed by atoms with E-state index in [0.29, 0.717) is 0 Å². The van der Waals surface area contributed by atoms with E-state index in [2.05, 4.69) is 207 Å². The monoisotopic (exact) mass is 703 g/mol. The molecule has 0 radical (unpaired) electrons. The molecule has 55 heavy (non-hydrogen) atoms. The van der Waals surface area contributed by atoms with Crippen LogP contribution in [0.5, 0.6) is 0 Å². The molecule has 1 aliphatic rings. The Hall–Kier alpha value is -6.90. The molecule has 9 aromatic carbocycles. The molecule has 0 amide bonds. The third-order valence-corrected chi connectivity index (χ3v) is 11.8. The molecule has 11 rings (SSSR count). The molecule has 0 bridgehead atoms. The highest BCUT2D eigenvalue weighted by Gasteiger charge is 2.36. The lowest BCUT2D eigenvalue weighted by molar-refractivity contribution is 0.660. The van der Waals surface area contributed by atoms with Crippen molar-refractivity contribution in [2.45, 2.75) is 19.3 Å². The number of anilines is 3. The van der Waals surface area contributed by atoms with Crippen molar-refractivity contribution >= 4 is 60.5 Å². The van der Waals surface area contributed by atoms with Gasteiger partial charge in [-0.1, -0.05) is 159 Å². The molecule has 0 saturated carbocycles. The van der Waals surface area contributed by atoms with Gasteiger partial charge in [-0.2, -0.15) is 0 Å². The van der Waals surface area contributed by atoms with Gasteiger partial charge in [-0.3, -0.25) is 0 Å². The van der Waals surface area contributed by atoms with Crippen LogP contribution in [0.15, 0.2) is 192 Å². The summed E-state index contributed by atoms with van der Waals surface area (Å²) >= 11 is 0. The summed E-state index contributed by atoms with van der Waals surface area (Å²) in [7, 11) is 0. The van der Waals surface area contributed by atoms with Crippen LogP contribution in [0.4, 0.5) is 17.1 Å². The highest BCUT2D eigenvalue weighted by molar-refractivity contribution is 6.23. The van der Waals surface area contributed by atoms with Crippen LogP contribution in [0.3, 0.4) is 0 Å². The van der Waals surface area contributed by atoms with Gasteiger partial charge < -0.3 is 9.32 Å². The van der Waals surface area contributed by atoms with Gasteiger partial charge >= 0.3 is 0 Å². The lowest BCUT2D eigenvalue weighted by Crippen LogP contribution is -2.17. The van der Waals surface area contributed by atoms with Crippen molar-refractivity contribution in [3.05, 3.63) is 199 Å². The maximum Gasteiger partial charge on any atom is 0.143 e. The minimum atomic E-state index is -0.144. The Labute approximate surface area is 320 Å². The van der Waals surface area contributed by atoms with E-state index in [1.54, 1.807) is 0 Å². The summed E-state index contributed by atoms with van der Waals surface area (Å²) < 4.78 is 6.93. The van der Waals surface area contributed by atoms with Crippen molar-refractivity contribution in [2.75, 3.05) is 4.90 Å². The maximum absolute atomic E-state index is 6.93. The Bertz CT molecular complexity index is 3130. The van der Waals surface area contributed by atoms with E-state index in [0.717, 1.165) is 44.4 Å². The molecule has 0 aliphatic heterocycles. The van der Waals surface area contributed by atoms with Gasteiger partial charge in [-0.15, -0.1) is 0 Å². The molecule has 2 heteroatoms. The molecule has 1 heterocycles. The first-order chi connectivity index (χ1) is 27.0. The van der Waals surface area contributed by atoms with Crippen LogP contribution in [0.1, 0.15) is 25.0 Å². The van der Waals surface area contributed by atoms with Crippen LogP contribution in [0, 0.1) is 0 Å². The zero-order chi connectivity index (χ0) is 36.7. The van der Waals surface area contributed by atoms with E-state index >= 15 is 0 Å². The van der Waals surface area contributed by atoms with E-state index in [1.165, 1.54) is 60.7 Å². The van der Waals surface area contributed by atoms with Gasteiger partial charge in [-0.05, 0) is 97.6 Å². The number of rotatable bonds is 5. The van der Waals surface area contributed by atoms with Gasteiger partial charge in [0.05, 0.1) is 16.8 Å². The fourth-order valence-electron chi connectivity index (χ4n) is 9.18. The second kappa shape index (κ2) is 12.1. The second-order valence-electron chi connectivity index (χ2n) is 15.3. The molecule has 1 aromatic heterocycles. The number of benzene rings is 9. The number of hydrogen-bond donors (Lipinski definition) is 0. The molecule has 2 nitrogen and oxygen atoms in total. The van der Waals surface area contributed by atoms with Crippen molar-refractivity contribution in [1.29, 1.82) is 0 Å². The van der Waals surface area contributed by atoms with Crippen LogP contribution in [-0.4, -0.2) is 0 Å². The molecule has 1 aliphatic carbocycles. The van der Waals surface area contributed by atoms with E-state index in [-0.39, 0.29) is 5.41 Å². The number of para-hydroxylation sites is 1. The molecule has 0 spiro atoms. The van der Waals surface area contributed by atoms with Crippen molar-refractivity contribution < 1.29 is 4.42 Å². The predicted molar refractivity (Wildman–Crippen MR) is 232 cm³/mol. The first-order valence-electron chi connectivity index (χ1n) is 19.1. The average molecular weight is 704 g/mol. The summed E-state index contributed by atoms with van der Waals surface area (Å²) in [6.07, 6.45) is 0. The standard InChI is InChI=1S/C53H37NO/c1-53(2)46-23-12-10-21-41(46)42-30-29-38(32-47(42)53)54(48-24-13-11-19-39(48)35-16-4-3-5-17-35)49-25-14-26-50-51(49)45-33-44(40-20-8-9-22-43(40)52(45)55-50)37-28-27-34-15-6-7-18-36(34)31-37/h3-33H,1-2H3. The second-order valence-corrected chi connectivity index (χ2v) is 15.3. The first-order valence-corrected chi connectivity index (χ1v) is 19.1. The van der Waals surface area contributed by atoms with Gasteiger partial charge in [0.2, 0.25) is 0 Å². The molecule has 0 saturated heterocycles. The fraction of sp³-hybridized carbons (Fsp3) is 0.0566. The van der Waals surface area contributed by atoms with E-state index < -0.39 is 0 Å². The number of fused-ring (bicyclic) bond motifs is 9. The number of furan rings is 1. The van der Waals surface area contributed by atoms with Crippen LogP contribution in [0.2, 0.25) is 0 Å². The van der Waals surface area contributed by atoms with Crippen LogP contribution in [0.25, 0.3) is 76.9 Å². The summed E-state index contributed by atoms with van der Waals surface area (Å²) in [5, 5.41) is 6.95. The molecular weight excluding hydrogens is 667 g/mol. The summed E-state index contributed by atoms with van der Waals surface area (Å²) in [6.45, 7) is 4.71. The zero-order valence-corrected chi connectivity index (χ0v) is 30.8. The van der Waals surface area contributed by atoms with Gasteiger partial charge in [0.15, 0.2) is 0 Å². The fourth-order valence-corrected chi connectivity index (χ4v) is 9.18. The largest absolute Gasteiger partial charge is 0.455 e. The highest BCUT2D eigenvalue weighted by Crippen LogP contribution is 2.53. The topological polar surface area (TPSA) is 16.4 Å². The lowest BCUT2D eigenvalue weighted by Gasteiger charge is -2.30. The van der Waals surface area contributed by atoms with Crippen LogP contribution < -0.4 is 4.90 Å². The van der Waals surface area contributed by atoms with Crippen LogP contribution >= 0.6 is 0 Å². The Kier molecular flexibility index (Phi) is 6.93. The van der Waals surface area contributed by atoms with Gasteiger partial charge in [0.1, 0.15) is 11.2 Å². The smallest absolute Gasteiger partial charge is 0.143 e. The van der Waals surface area contributed by atoms with E-state index in [9.17, 15) is 0 Å². The molecule has 260 valence electrons. The SMILES string of the molecule is CC1(C)c2ccccc2-c2ccc(N(c3ccccc3-c3ccccc3)c3cccc4oc5c6ccccc6c(-c6ccc7ccccc7c6)cc5c34)cc21. The Morgan fingerprint density at radius 1 is 0.418 bits per heavy atom. The highest BCUT2D eigenvalue weighted by atomic mass is 16.3. The number of hydrogen-bond acceptors (Lipinski definition) is 2. The van der Waals surface area contributed by atoms with E-state index in [4.69, 9.17) is 4.42 Å². The zero-order valence-electron chi connectivity index (χ0n) is 30.8. The summed E-state index contributed by atoms with van der Waals surface area (Å²) in [5.74, 6) is 0.